The highest BCUT2D eigenvalue weighted by atomic mass is 16.2. The van der Waals surface area contributed by atoms with Gasteiger partial charge < -0.3 is 10.2 Å². The molecule has 118 valence electrons. The first kappa shape index (κ1) is 14.0. The van der Waals surface area contributed by atoms with E-state index in [1.807, 2.05) is 12.1 Å². The first-order valence-corrected chi connectivity index (χ1v) is 8.48. The van der Waals surface area contributed by atoms with E-state index in [0.717, 1.165) is 37.4 Å². The van der Waals surface area contributed by atoms with Crippen molar-refractivity contribution in [3.05, 3.63) is 30.1 Å². The summed E-state index contributed by atoms with van der Waals surface area (Å²) < 4.78 is 0. The zero-order valence-electron chi connectivity index (χ0n) is 12.9. The Kier molecular flexibility index (Phi) is 3.74. The average molecular weight is 300 g/mol. The monoisotopic (exact) mass is 300 g/mol. The molecule has 2 atom stereocenters. The lowest BCUT2D eigenvalue weighted by molar-refractivity contribution is 0.187. The number of hydrogen-bond donors (Lipinski definition) is 1. The van der Waals surface area contributed by atoms with Gasteiger partial charge in [0.25, 0.3) is 0 Å². The Labute approximate surface area is 131 Å². The van der Waals surface area contributed by atoms with Crippen LogP contribution >= 0.6 is 0 Å². The maximum Gasteiger partial charge on any atom is 0.317 e. The largest absolute Gasteiger partial charge is 0.334 e. The van der Waals surface area contributed by atoms with Crippen molar-refractivity contribution in [1.29, 1.82) is 0 Å². The molecule has 3 fully saturated rings. The lowest BCUT2D eigenvalue weighted by atomic mass is 10.1. The molecule has 4 rings (SSSR count). The SMILES string of the molecule is O=C(NCc1cccnc1)N1CC[C@H]2C1CCN2CC1CC1. The molecule has 0 spiro atoms. The maximum absolute atomic E-state index is 12.5. The topological polar surface area (TPSA) is 48.5 Å². The van der Waals surface area contributed by atoms with Crippen LogP contribution in [0, 0.1) is 5.92 Å². The zero-order valence-corrected chi connectivity index (χ0v) is 12.9. The highest BCUT2D eigenvalue weighted by molar-refractivity contribution is 5.75. The standard InChI is InChI=1S/C17H24N4O/c22-17(19-11-14-2-1-7-18-10-14)21-9-6-15-16(21)5-8-20(15)12-13-3-4-13/h1-2,7,10,13,15-16H,3-6,8-9,11-12H2,(H,19,22)/t15-,16?/m0/s1. The van der Waals surface area contributed by atoms with Crippen LogP contribution in [0.3, 0.4) is 0 Å². The molecule has 1 unspecified atom stereocenters. The summed E-state index contributed by atoms with van der Waals surface area (Å²) in [4.78, 5) is 21.3. The van der Waals surface area contributed by atoms with Gasteiger partial charge in [0.15, 0.2) is 0 Å². The number of fused-ring (bicyclic) bond motifs is 1. The van der Waals surface area contributed by atoms with Crippen molar-refractivity contribution in [2.24, 2.45) is 5.92 Å². The number of carbonyl (C=O) groups is 1. The lowest BCUT2D eigenvalue weighted by Gasteiger charge is -2.25. The average Bonchev–Trinajstić information content (AvgIpc) is 3.12. The van der Waals surface area contributed by atoms with E-state index in [0.29, 0.717) is 18.6 Å². The molecule has 1 aromatic rings. The smallest absolute Gasteiger partial charge is 0.317 e. The van der Waals surface area contributed by atoms with Crippen LogP contribution in [-0.2, 0) is 6.54 Å². The highest BCUT2D eigenvalue weighted by Crippen LogP contribution is 2.36. The quantitative estimate of drug-likeness (QED) is 0.923. The van der Waals surface area contributed by atoms with E-state index in [-0.39, 0.29) is 6.03 Å². The molecule has 1 aliphatic carbocycles. The van der Waals surface area contributed by atoms with E-state index in [2.05, 4.69) is 20.1 Å². The second-order valence-electron chi connectivity index (χ2n) is 6.86. The maximum atomic E-state index is 12.5. The summed E-state index contributed by atoms with van der Waals surface area (Å²) in [7, 11) is 0. The van der Waals surface area contributed by atoms with Crippen molar-refractivity contribution in [3.8, 4) is 0 Å². The van der Waals surface area contributed by atoms with Gasteiger partial charge in [0, 0.05) is 44.6 Å². The molecule has 22 heavy (non-hydrogen) atoms. The summed E-state index contributed by atoms with van der Waals surface area (Å²) in [5.74, 6) is 0.937. The van der Waals surface area contributed by atoms with E-state index in [9.17, 15) is 4.79 Å². The van der Waals surface area contributed by atoms with E-state index in [1.54, 1.807) is 12.4 Å². The normalized spacial score (nSPS) is 27.9. The van der Waals surface area contributed by atoms with Gasteiger partial charge in [-0.15, -0.1) is 0 Å². The highest BCUT2D eigenvalue weighted by Gasteiger charge is 2.45. The third-order valence-corrected chi connectivity index (χ3v) is 5.31. The van der Waals surface area contributed by atoms with Gasteiger partial charge in [0.1, 0.15) is 0 Å². The summed E-state index contributed by atoms with van der Waals surface area (Å²) in [6.45, 7) is 3.88. The minimum Gasteiger partial charge on any atom is -0.334 e. The number of pyridine rings is 1. The van der Waals surface area contributed by atoms with Crippen LogP contribution in [0.5, 0.6) is 0 Å². The number of urea groups is 1. The molecular weight excluding hydrogens is 276 g/mol. The van der Waals surface area contributed by atoms with Gasteiger partial charge >= 0.3 is 6.03 Å². The van der Waals surface area contributed by atoms with Gasteiger partial charge in [-0.2, -0.15) is 0 Å². The van der Waals surface area contributed by atoms with Gasteiger partial charge in [-0.25, -0.2) is 4.79 Å². The molecule has 5 nitrogen and oxygen atoms in total. The fourth-order valence-corrected chi connectivity index (χ4v) is 3.97. The molecule has 5 heteroatoms. The summed E-state index contributed by atoms with van der Waals surface area (Å²) in [6, 6.07) is 5.01. The number of carbonyl (C=O) groups excluding carboxylic acids is 1. The molecule has 2 aliphatic heterocycles. The molecule has 1 saturated carbocycles. The number of rotatable bonds is 4. The van der Waals surface area contributed by atoms with Crippen molar-refractivity contribution in [1.82, 2.24) is 20.1 Å². The third-order valence-electron chi connectivity index (χ3n) is 5.31. The minimum atomic E-state index is 0.0876. The lowest BCUT2D eigenvalue weighted by Crippen LogP contribution is -2.44. The first-order chi connectivity index (χ1) is 10.8. The predicted molar refractivity (Wildman–Crippen MR) is 84.3 cm³/mol. The van der Waals surface area contributed by atoms with Crippen molar-refractivity contribution in [3.63, 3.8) is 0 Å². The van der Waals surface area contributed by atoms with Crippen LogP contribution in [0.15, 0.2) is 24.5 Å². The second-order valence-corrected chi connectivity index (χ2v) is 6.86. The number of likely N-dealkylation sites (tertiary alicyclic amines) is 2. The van der Waals surface area contributed by atoms with Gasteiger partial charge in [-0.05, 0) is 43.2 Å². The molecule has 0 radical (unpaired) electrons. The number of nitrogens with one attached hydrogen (secondary N) is 1. The zero-order chi connectivity index (χ0) is 14.9. The van der Waals surface area contributed by atoms with Gasteiger partial charge in [-0.3, -0.25) is 9.88 Å². The van der Waals surface area contributed by atoms with E-state index < -0.39 is 0 Å². The van der Waals surface area contributed by atoms with Gasteiger partial charge in [0.05, 0.1) is 6.04 Å². The Morgan fingerprint density at radius 1 is 1.23 bits per heavy atom. The molecular formula is C17H24N4O. The van der Waals surface area contributed by atoms with Crippen molar-refractivity contribution >= 4 is 6.03 Å². The molecule has 3 heterocycles. The Morgan fingerprint density at radius 3 is 2.86 bits per heavy atom. The second kappa shape index (κ2) is 5.88. The Hall–Kier alpha value is -1.62. The Balaban J connectivity index is 1.32. The number of nitrogens with zero attached hydrogens (tertiary/aromatic N) is 3. The molecule has 2 saturated heterocycles. The van der Waals surface area contributed by atoms with Gasteiger partial charge in [0.2, 0.25) is 0 Å². The molecule has 3 aliphatic rings. The number of aromatic nitrogens is 1. The van der Waals surface area contributed by atoms with Crippen LogP contribution in [0.1, 0.15) is 31.2 Å². The van der Waals surface area contributed by atoms with E-state index in [1.165, 1.54) is 19.4 Å². The fraction of sp³-hybridized carbons (Fsp3) is 0.647. The molecule has 1 N–H and O–H groups in total. The Morgan fingerprint density at radius 2 is 2.09 bits per heavy atom. The predicted octanol–water partition coefficient (Wildman–Crippen LogP) is 1.85. The van der Waals surface area contributed by atoms with Gasteiger partial charge in [-0.1, -0.05) is 6.07 Å². The summed E-state index contributed by atoms with van der Waals surface area (Å²) in [5, 5.41) is 3.05. The van der Waals surface area contributed by atoms with Crippen LogP contribution in [0.4, 0.5) is 4.79 Å². The molecule has 0 aromatic carbocycles. The molecule has 1 aromatic heterocycles. The first-order valence-electron chi connectivity index (χ1n) is 8.48. The molecule has 2 amide bonds. The van der Waals surface area contributed by atoms with Crippen LogP contribution < -0.4 is 5.32 Å². The van der Waals surface area contributed by atoms with Crippen molar-refractivity contribution in [2.45, 2.75) is 44.3 Å². The van der Waals surface area contributed by atoms with E-state index in [4.69, 9.17) is 0 Å². The minimum absolute atomic E-state index is 0.0876. The fourth-order valence-electron chi connectivity index (χ4n) is 3.97. The van der Waals surface area contributed by atoms with Crippen LogP contribution in [-0.4, -0.2) is 52.5 Å². The number of amides is 2. The summed E-state index contributed by atoms with van der Waals surface area (Å²) >= 11 is 0. The number of hydrogen-bond acceptors (Lipinski definition) is 3. The van der Waals surface area contributed by atoms with Crippen molar-refractivity contribution in [2.75, 3.05) is 19.6 Å². The third kappa shape index (κ3) is 2.82. The van der Waals surface area contributed by atoms with Crippen LogP contribution in [0.25, 0.3) is 0 Å². The Bertz CT molecular complexity index is 531. The molecule has 0 bridgehead atoms. The van der Waals surface area contributed by atoms with Crippen molar-refractivity contribution < 1.29 is 4.79 Å². The van der Waals surface area contributed by atoms with E-state index >= 15 is 0 Å². The summed E-state index contributed by atoms with van der Waals surface area (Å²) in [6.07, 6.45) is 8.64. The summed E-state index contributed by atoms with van der Waals surface area (Å²) in [5.41, 5.74) is 1.05. The van der Waals surface area contributed by atoms with Crippen LogP contribution in [0.2, 0.25) is 0 Å².